The molecular formula is C25H18Cl2N2O2S. The average molecular weight is 481 g/mol. The second kappa shape index (κ2) is 8.24. The van der Waals surface area contributed by atoms with Crippen LogP contribution >= 0.6 is 34.5 Å². The van der Waals surface area contributed by atoms with Crippen molar-refractivity contribution in [2.45, 2.75) is 20.5 Å². The lowest BCUT2D eigenvalue weighted by Gasteiger charge is -2.08. The van der Waals surface area contributed by atoms with Gasteiger partial charge in [0.2, 0.25) is 0 Å². The summed E-state index contributed by atoms with van der Waals surface area (Å²) in [7, 11) is 0. The summed E-state index contributed by atoms with van der Waals surface area (Å²) in [6.07, 6.45) is 1.88. The van der Waals surface area contributed by atoms with Crippen LogP contribution in [-0.4, -0.2) is 9.38 Å². The first-order valence-electron chi connectivity index (χ1n) is 10.0. The molecule has 0 aliphatic heterocycles. The van der Waals surface area contributed by atoms with Gasteiger partial charge in [0.05, 0.1) is 25.6 Å². The first kappa shape index (κ1) is 21.0. The highest BCUT2D eigenvalue weighted by atomic mass is 35.5. The average Bonchev–Trinajstić information content (AvgIpc) is 3.29. The van der Waals surface area contributed by atoms with E-state index in [1.54, 1.807) is 16.5 Å². The Balaban J connectivity index is 1.47. The van der Waals surface area contributed by atoms with Crippen molar-refractivity contribution >= 4 is 56.6 Å². The van der Waals surface area contributed by atoms with Crippen molar-refractivity contribution in [2.24, 2.45) is 0 Å². The lowest BCUT2D eigenvalue weighted by Crippen LogP contribution is -2.22. The molecule has 0 bridgehead atoms. The lowest BCUT2D eigenvalue weighted by molar-refractivity contribution is 0.306. The number of nitrogens with zero attached hydrogens (tertiary/aromatic N) is 2. The molecule has 32 heavy (non-hydrogen) atoms. The molecule has 0 aliphatic carbocycles. The Morgan fingerprint density at radius 1 is 1.06 bits per heavy atom. The number of aromatic nitrogens is 2. The highest BCUT2D eigenvalue weighted by Gasteiger charge is 2.13. The van der Waals surface area contributed by atoms with Crippen LogP contribution in [0.2, 0.25) is 10.0 Å². The van der Waals surface area contributed by atoms with E-state index in [0.29, 0.717) is 31.9 Å². The molecule has 0 spiro atoms. The van der Waals surface area contributed by atoms with Gasteiger partial charge in [-0.05, 0) is 72.5 Å². The van der Waals surface area contributed by atoms with Crippen LogP contribution in [0.3, 0.4) is 0 Å². The number of halogens is 2. The molecule has 5 aromatic rings. The molecule has 0 N–H and O–H groups in total. The van der Waals surface area contributed by atoms with Crippen molar-refractivity contribution in [3.05, 3.63) is 102 Å². The molecule has 0 saturated heterocycles. The SMILES string of the molecule is Cc1ccc2c(nc3s/c(=C/c4cccc(OCc5ccc(Cl)c(Cl)c5)c4)c(=O)n32)c1C. The van der Waals surface area contributed by atoms with Crippen LogP contribution in [0.15, 0.2) is 59.4 Å². The zero-order chi connectivity index (χ0) is 22.4. The van der Waals surface area contributed by atoms with Gasteiger partial charge < -0.3 is 4.74 Å². The summed E-state index contributed by atoms with van der Waals surface area (Å²) < 4.78 is 8.24. The number of benzene rings is 3. The molecule has 2 aromatic heterocycles. The van der Waals surface area contributed by atoms with Gasteiger partial charge in [-0.1, -0.05) is 58.8 Å². The van der Waals surface area contributed by atoms with Crippen LogP contribution in [-0.2, 0) is 6.61 Å². The van der Waals surface area contributed by atoms with Gasteiger partial charge in [0.1, 0.15) is 12.4 Å². The first-order chi connectivity index (χ1) is 15.4. The Labute approximate surface area is 198 Å². The van der Waals surface area contributed by atoms with Crippen molar-refractivity contribution in [3.8, 4) is 5.75 Å². The maximum Gasteiger partial charge on any atom is 0.274 e. The molecule has 5 rings (SSSR count). The Bertz CT molecular complexity index is 1600. The number of rotatable bonds is 4. The molecule has 7 heteroatoms. The molecule has 0 fully saturated rings. The van der Waals surface area contributed by atoms with E-state index in [4.69, 9.17) is 32.9 Å². The molecule has 0 aliphatic rings. The van der Waals surface area contributed by atoms with Crippen molar-refractivity contribution in [2.75, 3.05) is 0 Å². The minimum atomic E-state index is -0.0575. The van der Waals surface area contributed by atoms with E-state index in [1.165, 1.54) is 16.9 Å². The number of imidazole rings is 1. The van der Waals surface area contributed by atoms with Gasteiger partial charge in [-0.2, -0.15) is 0 Å². The summed E-state index contributed by atoms with van der Waals surface area (Å²) in [4.78, 5) is 18.5. The molecule has 0 amide bonds. The van der Waals surface area contributed by atoms with Gasteiger partial charge in [-0.25, -0.2) is 9.38 Å². The molecule has 0 unspecified atom stereocenters. The van der Waals surface area contributed by atoms with Crippen molar-refractivity contribution < 1.29 is 4.74 Å². The number of hydrogen-bond acceptors (Lipinski definition) is 4. The minimum Gasteiger partial charge on any atom is -0.489 e. The quantitative estimate of drug-likeness (QED) is 0.318. The van der Waals surface area contributed by atoms with E-state index >= 15 is 0 Å². The van der Waals surface area contributed by atoms with Gasteiger partial charge in [0, 0.05) is 0 Å². The van der Waals surface area contributed by atoms with E-state index < -0.39 is 0 Å². The Kier molecular flexibility index (Phi) is 5.41. The summed E-state index contributed by atoms with van der Waals surface area (Å²) in [5.41, 5.74) is 5.76. The second-order valence-electron chi connectivity index (χ2n) is 7.63. The smallest absolute Gasteiger partial charge is 0.274 e. The number of thiazole rings is 1. The molecule has 2 heterocycles. The van der Waals surface area contributed by atoms with Gasteiger partial charge in [-0.15, -0.1) is 0 Å². The van der Waals surface area contributed by atoms with E-state index in [9.17, 15) is 4.79 Å². The summed E-state index contributed by atoms with van der Waals surface area (Å²) in [6.45, 7) is 4.45. The molecular weight excluding hydrogens is 463 g/mol. The third kappa shape index (κ3) is 3.77. The van der Waals surface area contributed by atoms with Crippen molar-refractivity contribution in [1.82, 2.24) is 9.38 Å². The van der Waals surface area contributed by atoms with Crippen LogP contribution in [0.4, 0.5) is 0 Å². The zero-order valence-electron chi connectivity index (χ0n) is 17.4. The van der Waals surface area contributed by atoms with E-state index in [-0.39, 0.29) is 5.56 Å². The fraction of sp³-hybridized carbons (Fsp3) is 0.120. The van der Waals surface area contributed by atoms with Crippen LogP contribution in [0, 0.1) is 13.8 Å². The Morgan fingerprint density at radius 3 is 2.72 bits per heavy atom. The Morgan fingerprint density at radius 2 is 1.91 bits per heavy atom. The summed E-state index contributed by atoms with van der Waals surface area (Å²) >= 11 is 13.4. The maximum atomic E-state index is 13.1. The second-order valence-corrected chi connectivity index (χ2v) is 9.45. The van der Waals surface area contributed by atoms with Crippen molar-refractivity contribution in [1.29, 1.82) is 0 Å². The summed E-state index contributed by atoms with van der Waals surface area (Å²) in [5, 5.41) is 1.01. The van der Waals surface area contributed by atoms with Crippen molar-refractivity contribution in [3.63, 3.8) is 0 Å². The van der Waals surface area contributed by atoms with Gasteiger partial charge in [0.25, 0.3) is 5.56 Å². The first-order valence-corrected chi connectivity index (χ1v) is 11.6. The minimum absolute atomic E-state index is 0.0575. The largest absolute Gasteiger partial charge is 0.489 e. The molecule has 160 valence electrons. The van der Waals surface area contributed by atoms with Gasteiger partial charge in [-0.3, -0.25) is 4.79 Å². The predicted octanol–water partition coefficient (Wildman–Crippen LogP) is 5.96. The van der Waals surface area contributed by atoms with Crippen LogP contribution < -0.4 is 14.8 Å². The zero-order valence-corrected chi connectivity index (χ0v) is 19.7. The van der Waals surface area contributed by atoms with E-state index in [0.717, 1.165) is 27.7 Å². The fourth-order valence-corrected chi connectivity index (χ4v) is 4.91. The topological polar surface area (TPSA) is 43.6 Å². The third-order valence-corrected chi connectivity index (χ3v) is 7.19. The number of aryl methyl sites for hydroxylation is 2. The van der Waals surface area contributed by atoms with Gasteiger partial charge >= 0.3 is 0 Å². The van der Waals surface area contributed by atoms with E-state index in [1.807, 2.05) is 55.5 Å². The monoisotopic (exact) mass is 480 g/mol. The number of fused-ring (bicyclic) bond motifs is 3. The predicted molar refractivity (Wildman–Crippen MR) is 132 cm³/mol. The summed E-state index contributed by atoms with van der Waals surface area (Å²) in [6, 6.07) is 17.1. The molecule has 0 saturated carbocycles. The molecule has 0 atom stereocenters. The number of hydrogen-bond donors (Lipinski definition) is 0. The van der Waals surface area contributed by atoms with Crippen LogP contribution in [0.1, 0.15) is 22.3 Å². The van der Waals surface area contributed by atoms with Crippen LogP contribution in [0.5, 0.6) is 5.75 Å². The normalized spacial score (nSPS) is 12.2. The standard InChI is InChI=1S/C25H18Cl2N2O2S/c1-14-6-9-21-23(15(14)2)28-25-29(21)24(30)22(32-25)12-16-4-3-5-18(10-16)31-13-17-7-8-19(26)20(27)11-17/h3-12H,13H2,1-2H3/b22-12+. The Hall–Kier alpha value is -2.86. The highest BCUT2D eigenvalue weighted by Crippen LogP contribution is 2.24. The van der Waals surface area contributed by atoms with Crippen LogP contribution in [0.25, 0.3) is 22.1 Å². The molecule has 4 nitrogen and oxygen atoms in total. The molecule has 3 aromatic carbocycles. The summed E-state index contributed by atoms with van der Waals surface area (Å²) in [5.74, 6) is 0.704. The molecule has 0 radical (unpaired) electrons. The highest BCUT2D eigenvalue weighted by molar-refractivity contribution is 7.15. The maximum absolute atomic E-state index is 13.1. The number of ether oxygens (including phenoxy) is 1. The van der Waals surface area contributed by atoms with E-state index in [2.05, 4.69) is 6.92 Å². The lowest BCUT2D eigenvalue weighted by atomic mass is 10.1. The third-order valence-electron chi connectivity index (χ3n) is 5.48. The fourth-order valence-electron chi connectivity index (χ4n) is 3.61. The van der Waals surface area contributed by atoms with Gasteiger partial charge in [0.15, 0.2) is 4.96 Å².